The van der Waals surface area contributed by atoms with Crippen LogP contribution >= 0.6 is 0 Å². The van der Waals surface area contributed by atoms with Crippen LogP contribution in [0.2, 0.25) is 6.55 Å². The lowest BCUT2D eigenvalue weighted by Crippen LogP contribution is -2.59. The Balaban J connectivity index is 2.49. The summed E-state index contributed by atoms with van der Waals surface area (Å²) in [4.78, 5) is 3.80. The topological polar surface area (TPSA) is 30.7 Å². The largest absolute Gasteiger partial charge is 0.255 e. The van der Waals surface area contributed by atoms with Crippen LogP contribution in [0.5, 0.6) is 0 Å². The molecule has 0 amide bonds. The van der Waals surface area contributed by atoms with Gasteiger partial charge in [-0.25, -0.2) is 13.8 Å². The van der Waals surface area contributed by atoms with E-state index in [4.69, 9.17) is 11.0 Å². The maximum atomic E-state index is 14.1. The van der Waals surface area contributed by atoms with Crippen molar-refractivity contribution in [2.24, 2.45) is 0 Å². The lowest BCUT2D eigenvalue weighted by molar-refractivity contribution is 0.628. The third kappa shape index (κ3) is 2.82. The standard InChI is InChI=1S/C16H15F2N3Si/c1-22(12-21-11-19-10-20-21,15-6-2-13(17)3-7-15)16-8-4-14(18)5-9-16/h2-11H,12H2,1H3/i2D,3D,4D,5D,6D,7D,8D,9D. The average Bonchev–Trinajstić information content (AvgIpc) is 3.20. The first kappa shape index (κ1) is 7.78. The van der Waals surface area contributed by atoms with Crippen LogP contribution in [0.25, 0.3) is 0 Å². The van der Waals surface area contributed by atoms with E-state index in [1.54, 1.807) is 0 Å². The van der Waals surface area contributed by atoms with Crippen molar-refractivity contribution in [3.05, 3.63) is 72.6 Å². The van der Waals surface area contributed by atoms with Gasteiger partial charge in [0.15, 0.2) is 0 Å². The first-order valence-electron chi connectivity index (χ1n) is 10.3. The summed E-state index contributed by atoms with van der Waals surface area (Å²) in [6, 6.07) is -6.43. The quantitative estimate of drug-likeness (QED) is 0.688. The van der Waals surface area contributed by atoms with Gasteiger partial charge in [-0.05, 0) is 24.2 Å². The second-order valence-corrected chi connectivity index (χ2v) is 8.78. The number of aromatic nitrogens is 3. The Kier molecular flexibility index (Phi) is 2.05. The van der Waals surface area contributed by atoms with E-state index in [0.29, 0.717) is 0 Å². The number of halogens is 2. The van der Waals surface area contributed by atoms with Crippen molar-refractivity contribution in [2.45, 2.75) is 12.7 Å². The third-order valence-electron chi connectivity index (χ3n) is 3.24. The Hall–Kier alpha value is -2.34. The molecule has 0 aliphatic heterocycles. The lowest BCUT2D eigenvalue weighted by atomic mass is 10.3. The molecule has 6 heteroatoms. The summed E-state index contributed by atoms with van der Waals surface area (Å²) in [5, 5.41) is 3.49. The fraction of sp³-hybridized carbons (Fsp3) is 0.125. The predicted molar refractivity (Wildman–Crippen MR) is 83.7 cm³/mol. The second-order valence-electron chi connectivity index (χ2n) is 4.80. The molecule has 0 saturated carbocycles. The normalized spacial score (nSPS) is 16.7. The summed E-state index contributed by atoms with van der Waals surface area (Å²) in [6.45, 7) is 1.49. The summed E-state index contributed by atoms with van der Waals surface area (Å²) < 4.78 is 94.0. The molecule has 0 bridgehead atoms. The summed E-state index contributed by atoms with van der Waals surface area (Å²) in [5.74, 6) is -2.69. The van der Waals surface area contributed by atoms with Gasteiger partial charge >= 0.3 is 0 Å². The number of hydrogen-bond donors (Lipinski definition) is 0. The molecule has 112 valence electrons. The van der Waals surface area contributed by atoms with E-state index in [9.17, 15) is 8.78 Å². The maximum absolute atomic E-state index is 14.1. The summed E-state index contributed by atoms with van der Waals surface area (Å²) >= 11 is 0. The third-order valence-corrected chi connectivity index (χ3v) is 6.90. The summed E-state index contributed by atoms with van der Waals surface area (Å²) in [7, 11) is -3.76. The fourth-order valence-corrected chi connectivity index (χ4v) is 4.80. The van der Waals surface area contributed by atoms with Crippen LogP contribution in [0, 0.1) is 11.6 Å². The number of benzene rings is 2. The van der Waals surface area contributed by atoms with Crippen LogP contribution in [-0.4, -0.2) is 22.8 Å². The zero-order chi connectivity index (χ0) is 22.5. The monoisotopic (exact) mass is 323 g/mol. The van der Waals surface area contributed by atoms with E-state index < -0.39 is 68.0 Å². The molecule has 0 fully saturated rings. The van der Waals surface area contributed by atoms with Crippen molar-refractivity contribution in [1.82, 2.24) is 14.8 Å². The Morgan fingerprint density at radius 1 is 1.00 bits per heavy atom. The number of hydrogen-bond acceptors (Lipinski definition) is 2. The van der Waals surface area contributed by atoms with Gasteiger partial charge in [0.25, 0.3) is 0 Å². The van der Waals surface area contributed by atoms with E-state index in [1.165, 1.54) is 23.9 Å². The minimum Gasteiger partial charge on any atom is -0.255 e. The highest BCUT2D eigenvalue weighted by molar-refractivity contribution is 7.00. The van der Waals surface area contributed by atoms with Gasteiger partial charge in [0.05, 0.1) is 11.0 Å². The lowest BCUT2D eigenvalue weighted by Gasteiger charge is -2.28. The molecule has 0 atom stereocenters. The molecule has 0 aliphatic carbocycles. The van der Waals surface area contributed by atoms with E-state index >= 15 is 0 Å². The smallest absolute Gasteiger partial charge is 0.137 e. The molecule has 0 unspecified atom stereocenters. The van der Waals surface area contributed by atoms with Crippen molar-refractivity contribution < 1.29 is 19.7 Å². The molecule has 0 saturated heterocycles. The molecule has 0 spiro atoms. The summed E-state index contributed by atoms with van der Waals surface area (Å²) in [6.07, 6.45) is 2.34. The molecular formula is C16H15F2N3Si. The Morgan fingerprint density at radius 3 is 1.91 bits per heavy atom. The molecule has 1 aromatic heterocycles. The Morgan fingerprint density at radius 2 is 1.50 bits per heavy atom. The van der Waals surface area contributed by atoms with Gasteiger partial charge in [-0.2, -0.15) is 5.10 Å². The van der Waals surface area contributed by atoms with Crippen molar-refractivity contribution in [3.8, 4) is 0 Å². The first-order chi connectivity index (χ1) is 13.9. The first-order valence-corrected chi connectivity index (χ1v) is 8.99. The molecule has 1 heterocycles. The summed E-state index contributed by atoms with van der Waals surface area (Å²) in [5.41, 5.74) is 0. The molecule has 3 rings (SSSR count). The molecule has 0 N–H and O–H groups in total. The molecule has 2 aromatic carbocycles. The molecular weight excluding hydrogens is 300 g/mol. The van der Waals surface area contributed by atoms with Gasteiger partial charge in [-0.3, -0.25) is 4.68 Å². The number of nitrogens with zero attached hydrogens (tertiary/aromatic N) is 3. The van der Waals surface area contributed by atoms with Crippen molar-refractivity contribution >= 4 is 18.4 Å². The van der Waals surface area contributed by atoms with Gasteiger partial charge in [0, 0.05) is 6.17 Å². The highest BCUT2D eigenvalue weighted by Gasteiger charge is 2.33. The minimum atomic E-state index is -3.76. The van der Waals surface area contributed by atoms with Crippen LogP contribution in [0.1, 0.15) is 11.0 Å². The van der Waals surface area contributed by atoms with Crippen LogP contribution < -0.4 is 10.4 Å². The van der Waals surface area contributed by atoms with Crippen molar-refractivity contribution in [1.29, 1.82) is 0 Å². The highest BCUT2D eigenvalue weighted by atomic mass is 28.3. The van der Waals surface area contributed by atoms with E-state index in [0.717, 1.165) is 0 Å². The van der Waals surface area contributed by atoms with Crippen LogP contribution in [-0.2, 0) is 6.17 Å². The SMILES string of the molecule is [2H]c1c([2H])c([Si](C)(Cn2cncn2)c2c([2H])c([2H])c(F)c([2H])c2[2H])c([2H])c([2H])c1F. The van der Waals surface area contributed by atoms with Gasteiger partial charge in [0.1, 0.15) is 32.4 Å². The molecule has 3 nitrogen and oxygen atoms in total. The molecule has 22 heavy (non-hydrogen) atoms. The van der Waals surface area contributed by atoms with Crippen LogP contribution in [0.3, 0.4) is 0 Å². The van der Waals surface area contributed by atoms with Gasteiger partial charge in [-0.15, -0.1) is 0 Å². The van der Waals surface area contributed by atoms with Gasteiger partial charge in [-0.1, -0.05) is 41.1 Å². The Bertz CT molecular complexity index is 1030. The van der Waals surface area contributed by atoms with E-state index in [-0.39, 0.29) is 16.5 Å². The number of rotatable bonds is 4. The van der Waals surface area contributed by atoms with Gasteiger partial charge in [0.2, 0.25) is 0 Å². The average molecular weight is 323 g/mol. The van der Waals surface area contributed by atoms with Crippen molar-refractivity contribution in [2.75, 3.05) is 0 Å². The maximum Gasteiger partial charge on any atom is 0.137 e. The predicted octanol–water partition coefficient (Wildman–Crippen LogP) is 1.99. The van der Waals surface area contributed by atoms with Crippen molar-refractivity contribution in [3.63, 3.8) is 0 Å². The van der Waals surface area contributed by atoms with Crippen LogP contribution in [0.4, 0.5) is 8.78 Å². The van der Waals surface area contributed by atoms with E-state index in [1.807, 2.05) is 0 Å². The highest BCUT2D eigenvalue weighted by Crippen LogP contribution is 2.10. The van der Waals surface area contributed by atoms with Crippen LogP contribution in [0.15, 0.2) is 61.0 Å². The second kappa shape index (κ2) is 5.80. The molecule has 0 radical (unpaired) electrons. The zero-order valence-corrected chi connectivity index (χ0v) is 12.5. The molecule has 3 aromatic rings. The Labute approximate surface area is 139 Å². The van der Waals surface area contributed by atoms with E-state index in [2.05, 4.69) is 10.1 Å². The minimum absolute atomic E-state index is 0.155. The zero-order valence-electron chi connectivity index (χ0n) is 19.5. The fourth-order valence-electron chi connectivity index (χ4n) is 2.07. The molecule has 0 aliphatic rings. The van der Waals surface area contributed by atoms with Gasteiger partial charge < -0.3 is 0 Å².